The summed E-state index contributed by atoms with van der Waals surface area (Å²) >= 11 is 0. The number of benzene rings is 3. The van der Waals surface area contributed by atoms with E-state index in [0.717, 1.165) is 42.1 Å². The highest BCUT2D eigenvalue weighted by Crippen LogP contribution is 2.40. The number of fused-ring (bicyclic) bond motifs is 1. The summed E-state index contributed by atoms with van der Waals surface area (Å²) in [6.45, 7) is 2.60. The number of pyridine rings is 1. The molecule has 1 aromatic heterocycles. The van der Waals surface area contributed by atoms with E-state index in [2.05, 4.69) is 53.6 Å². The second-order valence-corrected chi connectivity index (χ2v) is 9.74. The van der Waals surface area contributed by atoms with Crippen molar-refractivity contribution in [3.8, 4) is 11.1 Å². The first-order valence-electron chi connectivity index (χ1n) is 12.5. The zero-order chi connectivity index (χ0) is 24.2. The summed E-state index contributed by atoms with van der Waals surface area (Å²) in [6.07, 6.45) is 5.86. The van der Waals surface area contributed by atoms with Crippen molar-refractivity contribution in [1.82, 2.24) is 10.3 Å². The van der Waals surface area contributed by atoms with Crippen molar-refractivity contribution in [3.05, 3.63) is 102 Å². The molecule has 35 heavy (non-hydrogen) atoms. The van der Waals surface area contributed by atoms with Crippen molar-refractivity contribution in [2.24, 2.45) is 11.8 Å². The highest BCUT2D eigenvalue weighted by Gasteiger charge is 2.30. The smallest absolute Gasteiger partial charge is 0.223 e. The number of halogens is 1. The Bertz CT molecular complexity index is 1290. The van der Waals surface area contributed by atoms with E-state index >= 15 is 0 Å². The van der Waals surface area contributed by atoms with Crippen LogP contribution in [-0.2, 0) is 11.3 Å². The number of amides is 1. The van der Waals surface area contributed by atoms with Gasteiger partial charge in [-0.3, -0.25) is 9.78 Å². The van der Waals surface area contributed by atoms with E-state index in [1.165, 1.54) is 22.8 Å². The Labute approximate surface area is 206 Å². The first-order chi connectivity index (χ1) is 17.1. The molecule has 0 spiro atoms. The Morgan fingerprint density at radius 1 is 0.943 bits per heavy atom. The van der Waals surface area contributed by atoms with Gasteiger partial charge in [0.25, 0.3) is 0 Å². The molecule has 5 rings (SSSR count). The summed E-state index contributed by atoms with van der Waals surface area (Å²) in [5, 5.41) is 4.06. The normalized spacial score (nSPS) is 18.8. The van der Waals surface area contributed by atoms with E-state index in [4.69, 9.17) is 0 Å². The van der Waals surface area contributed by atoms with Gasteiger partial charge in [-0.25, -0.2) is 4.39 Å². The van der Waals surface area contributed by atoms with Gasteiger partial charge in [-0.1, -0.05) is 61.5 Å². The van der Waals surface area contributed by atoms with Crippen molar-refractivity contribution < 1.29 is 9.18 Å². The Morgan fingerprint density at radius 2 is 1.66 bits per heavy atom. The molecule has 1 atom stereocenters. The van der Waals surface area contributed by atoms with Gasteiger partial charge in [0.05, 0.1) is 5.52 Å². The van der Waals surface area contributed by atoms with Crippen molar-refractivity contribution in [1.29, 1.82) is 0 Å². The zero-order valence-electron chi connectivity index (χ0n) is 20.1. The van der Waals surface area contributed by atoms with E-state index in [-0.39, 0.29) is 17.6 Å². The minimum Gasteiger partial charge on any atom is -0.352 e. The molecule has 4 aromatic rings. The summed E-state index contributed by atoms with van der Waals surface area (Å²) in [5.41, 5.74) is 5.50. The van der Waals surface area contributed by atoms with Crippen LogP contribution in [0.1, 0.15) is 49.7 Å². The minimum atomic E-state index is -0.222. The van der Waals surface area contributed by atoms with Crippen LogP contribution in [0.15, 0.2) is 85.1 Å². The number of hydrogen-bond donors (Lipinski definition) is 1. The predicted octanol–water partition coefficient (Wildman–Crippen LogP) is 7.27. The second kappa shape index (κ2) is 10.4. The van der Waals surface area contributed by atoms with Gasteiger partial charge in [-0.05, 0) is 84.0 Å². The summed E-state index contributed by atoms with van der Waals surface area (Å²) in [4.78, 5) is 17.3. The molecule has 1 fully saturated rings. The number of rotatable bonds is 6. The molecule has 1 heterocycles. The summed E-state index contributed by atoms with van der Waals surface area (Å²) in [7, 11) is 0. The lowest BCUT2D eigenvalue weighted by Crippen LogP contribution is -2.34. The third kappa shape index (κ3) is 5.27. The fourth-order valence-electron chi connectivity index (χ4n) is 5.44. The Morgan fingerprint density at radius 3 is 2.40 bits per heavy atom. The molecule has 1 aliphatic carbocycles. The second-order valence-electron chi connectivity index (χ2n) is 9.74. The molecule has 0 bridgehead atoms. The van der Waals surface area contributed by atoms with Crippen LogP contribution in [0.25, 0.3) is 22.0 Å². The average Bonchev–Trinajstić information content (AvgIpc) is 2.92. The van der Waals surface area contributed by atoms with Crippen molar-refractivity contribution in [2.45, 2.75) is 45.1 Å². The van der Waals surface area contributed by atoms with Gasteiger partial charge in [0, 0.05) is 24.0 Å². The molecule has 0 aliphatic heterocycles. The van der Waals surface area contributed by atoms with Gasteiger partial charge in [0.1, 0.15) is 5.82 Å². The van der Waals surface area contributed by atoms with Gasteiger partial charge >= 0.3 is 0 Å². The first-order valence-corrected chi connectivity index (χ1v) is 12.5. The number of nitrogens with zero attached hydrogens (tertiary/aromatic N) is 1. The molecule has 0 saturated heterocycles. The van der Waals surface area contributed by atoms with E-state index in [0.29, 0.717) is 18.4 Å². The van der Waals surface area contributed by atoms with Crippen LogP contribution in [0.5, 0.6) is 0 Å². The fraction of sp³-hybridized carbons (Fsp3) is 0.290. The van der Waals surface area contributed by atoms with Crippen LogP contribution in [-0.4, -0.2) is 10.9 Å². The van der Waals surface area contributed by atoms with Gasteiger partial charge in [-0.2, -0.15) is 0 Å². The average molecular weight is 467 g/mol. The fourth-order valence-corrected chi connectivity index (χ4v) is 5.44. The minimum absolute atomic E-state index is 0.0221. The Balaban J connectivity index is 1.15. The van der Waals surface area contributed by atoms with Crippen LogP contribution >= 0.6 is 0 Å². The summed E-state index contributed by atoms with van der Waals surface area (Å²) in [5.74, 6) is 0.636. The highest BCUT2D eigenvalue weighted by molar-refractivity contribution is 5.82. The van der Waals surface area contributed by atoms with Gasteiger partial charge in [0.15, 0.2) is 0 Å². The van der Waals surface area contributed by atoms with Crippen molar-refractivity contribution >= 4 is 16.8 Å². The van der Waals surface area contributed by atoms with E-state index < -0.39 is 0 Å². The van der Waals surface area contributed by atoms with E-state index in [9.17, 15) is 9.18 Å². The Hall–Kier alpha value is -3.53. The summed E-state index contributed by atoms with van der Waals surface area (Å²) < 4.78 is 13.9. The summed E-state index contributed by atoms with van der Waals surface area (Å²) in [6, 6.07) is 25.5. The van der Waals surface area contributed by atoms with Gasteiger partial charge < -0.3 is 5.32 Å². The maximum atomic E-state index is 13.9. The molecule has 1 N–H and O–H groups in total. The van der Waals surface area contributed by atoms with Crippen molar-refractivity contribution in [2.75, 3.05) is 0 Å². The van der Waals surface area contributed by atoms with Crippen LogP contribution in [0.3, 0.4) is 0 Å². The molecule has 0 radical (unpaired) electrons. The first kappa shape index (κ1) is 23.2. The molecular formula is C31H31FN2O. The third-order valence-electron chi connectivity index (χ3n) is 7.60. The molecule has 1 saturated carbocycles. The van der Waals surface area contributed by atoms with Gasteiger partial charge in [0.2, 0.25) is 5.91 Å². The molecule has 1 amide bonds. The molecule has 178 valence electrons. The molecule has 0 unspecified atom stereocenters. The SMILES string of the molecule is C[C@@H](C(=O)NCc1ccc(-c2ccccc2)cc1)C1CCC(c2ccnc3ccc(F)cc23)CC1. The standard InChI is InChI=1S/C31H31FN2O/c1-21(31(35)34-20-22-7-9-25(10-8-22)24-5-3-2-4-6-24)23-11-13-26(14-12-23)28-17-18-33-30-16-15-27(32)19-29(28)30/h2-10,15-19,21,23,26H,11-14,20H2,1H3,(H,34,35)/t21-,23?,26?/m1/s1. The lowest BCUT2D eigenvalue weighted by atomic mass is 9.73. The maximum absolute atomic E-state index is 13.9. The van der Waals surface area contributed by atoms with Crippen molar-refractivity contribution in [3.63, 3.8) is 0 Å². The number of nitrogens with one attached hydrogen (secondary N) is 1. The third-order valence-corrected chi connectivity index (χ3v) is 7.60. The number of carbonyl (C=O) groups excluding carboxylic acids is 1. The monoisotopic (exact) mass is 466 g/mol. The Kier molecular flexibility index (Phi) is 6.89. The van der Waals surface area contributed by atoms with Crippen LogP contribution in [0.4, 0.5) is 4.39 Å². The lowest BCUT2D eigenvalue weighted by molar-refractivity contribution is -0.126. The van der Waals surface area contributed by atoms with Crippen LogP contribution in [0, 0.1) is 17.7 Å². The zero-order valence-corrected chi connectivity index (χ0v) is 20.1. The van der Waals surface area contributed by atoms with Crippen LogP contribution < -0.4 is 5.32 Å². The largest absolute Gasteiger partial charge is 0.352 e. The quantitative estimate of drug-likeness (QED) is 0.325. The lowest BCUT2D eigenvalue weighted by Gasteiger charge is -2.32. The topological polar surface area (TPSA) is 42.0 Å². The number of aromatic nitrogens is 1. The highest BCUT2D eigenvalue weighted by atomic mass is 19.1. The van der Waals surface area contributed by atoms with Crippen LogP contribution in [0.2, 0.25) is 0 Å². The van der Waals surface area contributed by atoms with Gasteiger partial charge in [-0.15, -0.1) is 0 Å². The number of carbonyl (C=O) groups is 1. The number of hydrogen-bond acceptors (Lipinski definition) is 2. The molecule has 4 heteroatoms. The molecule has 1 aliphatic rings. The molecule has 3 aromatic carbocycles. The molecule has 3 nitrogen and oxygen atoms in total. The molecular weight excluding hydrogens is 435 g/mol. The predicted molar refractivity (Wildman–Crippen MR) is 139 cm³/mol. The maximum Gasteiger partial charge on any atom is 0.223 e. The van der Waals surface area contributed by atoms with E-state index in [1.54, 1.807) is 12.1 Å². The van der Waals surface area contributed by atoms with E-state index in [1.807, 2.05) is 30.5 Å².